The van der Waals surface area contributed by atoms with Crippen molar-refractivity contribution in [1.29, 1.82) is 0 Å². The van der Waals surface area contributed by atoms with E-state index in [1.807, 2.05) is 0 Å². The summed E-state index contributed by atoms with van der Waals surface area (Å²) in [6, 6.07) is 64.5. The van der Waals surface area contributed by atoms with Crippen LogP contribution in [0.3, 0.4) is 0 Å². The first kappa shape index (κ1) is 26.7. The van der Waals surface area contributed by atoms with E-state index >= 15 is 0 Å². The molecule has 7 aromatic rings. The zero-order valence-electron chi connectivity index (χ0n) is 25.7. The van der Waals surface area contributed by atoms with E-state index in [4.69, 9.17) is 0 Å². The monoisotopic (exact) mass is 587 g/mol. The zero-order valence-corrected chi connectivity index (χ0v) is 25.7. The van der Waals surface area contributed by atoms with Crippen LogP contribution in [0.4, 0.5) is 11.4 Å². The van der Waals surface area contributed by atoms with Gasteiger partial charge >= 0.3 is 0 Å². The number of fused-ring (bicyclic) bond motifs is 6. The Morgan fingerprint density at radius 2 is 0.761 bits per heavy atom. The lowest BCUT2D eigenvalue weighted by molar-refractivity contribution is 0.714. The molecule has 0 radical (unpaired) electrons. The highest BCUT2D eigenvalue weighted by molar-refractivity contribution is 5.89. The molecule has 0 spiro atoms. The number of nitrogens with one attached hydrogen (secondary N) is 1. The summed E-state index contributed by atoms with van der Waals surface area (Å²) < 4.78 is 0. The van der Waals surface area contributed by atoms with Crippen LogP contribution in [0.2, 0.25) is 0 Å². The molecule has 218 valence electrons. The highest BCUT2D eigenvalue weighted by Gasteiger charge is 2.46. The number of hydrogen-bond acceptors (Lipinski definition) is 1. The van der Waals surface area contributed by atoms with Crippen LogP contribution in [0.1, 0.15) is 45.9 Å². The van der Waals surface area contributed by atoms with Gasteiger partial charge in [-0.05, 0) is 92.4 Å². The predicted molar refractivity (Wildman–Crippen MR) is 191 cm³/mol. The van der Waals surface area contributed by atoms with Gasteiger partial charge in [-0.3, -0.25) is 0 Å². The molecule has 0 bridgehead atoms. The maximum Gasteiger partial charge on any atom is 0.0714 e. The molecule has 0 heterocycles. The van der Waals surface area contributed by atoms with Crippen molar-refractivity contribution in [3.63, 3.8) is 0 Å². The van der Waals surface area contributed by atoms with Crippen molar-refractivity contribution in [3.8, 4) is 22.3 Å². The largest absolute Gasteiger partial charge is 0.356 e. The van der Waals surface area contributed by atoms with Crippen LogP contribution in [-0.2, 0) is 10.8 Å². The average Bonchev–Trinajstić information content (AvgIpc) is 3.57. The van der Waals surface area contributed by atoms with Gasteiger partial charge in [0.25, 0.3) is 0 Å². The van der Waals surface area contributed by atoms with E-state index < -0.39 is 5.41 Å². The third kappa shape index (κ3) is 3.69. The number of anilines is 2. The van der Waals surface area contributed by atoms with Crippen LogP contribution in [0.5, 0.6) is 0 Å². The van der Waals surface area contributed by atoms with Gasteiger partial charge in [0.15, 0.2) is 0 Å². The molecule has 1 heteroatoms. The van der Waals surface area contributed by atoms with Gasteiger partial charge in [-0.25, -0.2) is 0 Å². The summed E-state index contributed by atoms with van der Waals surface area (Å²) >= 11 is 0. The molecule has 1 unspecified atom stereocenters. The zero-order chi connectivity index (χ0) is 30.7. The molecular weight excluding hydrogens is 555 g/mol. The van der Waals surface area contributed by atoms with E-state index in [0.717, 1.165) is 11.4 Å². The Labute approximate surface area is 270 Å². The molecule has 0 fully saturated rings. The summed E-state index contributed by atoms with van der Waals surface area (Å²) in [6.07, 6.45) is 0. The molecule has 1 N–H and O–H groups in total. The van der Waals surface area contributed by atoms with Gasteiger partial charge < -0.3 is 5.32 Å². The van der Waals surface area contributed by atoms with E-state index in [9.17, 15) is 0 Å². The average molecular weight is 588 g/mol. The van der Waals surface area contributed by atoms with Crippen molar-refractivity contribution in [3.05, 3.63) is 215 Å². The summed E-state index contributed by atoms with van der Waals surface area (Å²) in [4.78, 5) is 0. The molecule has 2 aliphatic carbocycles. The van der Waals surface area contributed by atoms with E-state index in [1.54, 1.807) is 0 Å². The second kappa shape index (κ2) is 10.2. The van der Waals surface area contributed by atoms with Crippen molar-refractivity contribution in [2.75, 3.05) is 5.32 Å². The minimum atomic E-state index is -0.419. The van der Waals surface area contributed by atoms with Crippen LogP contribution in [0, 0.1) is 0 Å². The lowest BCUT2D eigenvalue weighted by atomic mass is 9.67. The Bertz CT molecular complexity index is 2190. The van der Waals surface area contributed by atoms with E-state index in [2.05, 4.69) is 188 Å². The lowest BCUT2D eigenvalue weighted by Gasteiger charge is -2.34. The first-order valence-corrected chi connectivity index (χ1v) is 16.1. The highest BCUT2D eigenvalue weighted by atomic mass is 14.9. The maximum atomic E-state index is 3.85. The number of rotatable bonds is 5. The predicted octanol–water partition coefficient (Wildman–Crippen LogP) is 11.1. The molecular formula is C45H33N. The van der Waals surface area contributed by atoms with Gasteiger partial charge in [0.2, 0.25) is 0 Å². The SMILES string of the molecule is CC1(c2ccccc2)c2ccccc2-c2ccc(Nc3ccc4c(c3)C(c3ccccc3)(c3ccccc3)c3ccccc3-4)cc21. The van der Waals surface area contributed by atoms with Crippen LogP contribution in [-0.4, -0.2) is 0 Å². The van der Waals surface area contributed by atoms with Gasteiger partial charge in [-0.1, -0.05) is 152 Å². The molecule has 2 aliphatic rings. The van der Waals surface area contributed by atoms with Crippen molar-refractivity contribution < 1.29 is 0 Å². The normalized spacial score (nSPS) is 16.6. The third-order valence-electron chi connectivity index (χ3n) is 10.4. The second-order valence-electron chi connectivity index (χ2n) is 12.7. The van der Waals surface area contributed by atoms with Crippen molar-refractivity contribution in [2.45, 2.75) is 17.8 Å². The van der Waals surface area contributed by atoms with Crippen LogP contribution >= 0.6 is 0 Å². The fourth-order valence-corrected chi connectivity index (χ4v) is 8.34. The second-order valence-corrected chi connectivity index (χ2v) is 12.7. The molecule has 7 aromatic carbocycles. The summed E-state index contributed by atoms with van der Waals surface area (Å²) in [6.45, 7) is 2.37. The van der Waals surface area contributed by atoms with Crippen LogP contribution in [0.25, 0.3) is 22.3 Å². The molecule has 0 saturated carbocycles. The Kier molecular flexibility index (Phi) is 5.92. The smallest absolute Gasteiger partial charge is 0.0714 e. The summed E-state index contributed by atoms with van der Waals surface area (Å²) in [5.74, 6) is 0. The molecule has 9 rings (SSSR count). The molecule has 0 saturated heterocycles. The van der Waals surface area contributed by atoms with Crippen molar-refractivity contribution in [2.24, 2.45) is 0 Å². The lowest BCUT2D eigenvalue weighted by Crippen LogP contribution is -2.28. The Hall–Kier alpha value is -5.66. The van der Waals surface area contributed by atoms with Crippen molar-refractivity contribution in [1.82, 2.24) is 0 Å². The molecule has 0 amide bonds. The van der Waals surface area contributed by atoms with Gasteiger partial charge in [-0.2, -0.15) is 0 Å². The van der Waals surface area contributed by atoms with Gasteiger partial charge in [0, 0.05) is 16.8 Å². The molecule has 0 aromatic heterocycles. The van der Waals surface area contributed by atoms with Gasteiger partial charge in [-0.15, -0.1) is 0 Å². The maximum absolute atomic E-state index is 3.85. The summed E-state index contributed by atoms with van der Waals surface area (Å²) in [7, 11) is 0. The summed E-state index contributed by atoms with van der Waals surface area (Å²) in [5.41, 5.74) is 15.9. The number of benzene rings is 7. The molecule has 46 heavy (non-hydrogen) atoms. The standard InChI is InChI=1S/C45H33N/c1-44(31-15-5-2-6-16-31)40-23-13-11-21-36(40)38-27-25-34(29-42(38)44)46-35-26-28-39-37-22-12-14-24-41(37)45(43(39)30-35,32-17-7-3-8-18-32)33-19-9-4-10-20-33/h2-30,46H,1H3. The highest BCUT2D eigenvalue weighted by Crippen LogP contribution is 2.57. The minimum absolute atomic E-state index is 0.236. The Morgan fingerprint density at radius 3 is 1.35 bits per heavy atom. The fourth-order valence-electron chi connectivity index (χ4n) is 8.34. The molecule has 1 atom stereocenters. The molecule has 1 nitrogen and oxygen atoms in total. The van der Waals surface area contributed by atoms with Gasteiger partial charge in [0.1, 0.15) is 0 Å². The van der Waals surface area contributed by atoms with E-state index in [1.165, 1.54) is 61.2 Å². The fraction of sp³-hybridized carbons (Fsp3) is 0.0667. The van der Waals surface area contributed by atoms with E-state index in [-0.39, 0.29) is 5.41 Å². The van der Waals surface area contributed by atoms with Crippen molar-refractivity contribution >= 4 is 11.4 Å². The van der Waals surface area contributed by atoms with E-state index in [0.29, 0.717) is 0 Å². The molecule has 0 aliphatic heterocycles. The summed E-state index contributed by atoms with van der Waals surface area (Å²) in [5, 5.41) is 3.85. The Balaban J connectivity index is 1.20. The van der Waals surface area contributed by atoms with Crippen LogP contribution in [0.15, 0.2) is 176 Å². The Morgan fingerprint density at radius 1 is 0.348 bits per heavy atom. The topological polar surface area (TPSA) is 12.0 Å². The number of hydrogen-bond donors (Lipinski definition) is 1. The van der Waals surface area contributed by atoms with Gasteiger partial charge in [0.05, 0.1) is 5.41 Å². The quantitative estimate of drug-likeness (QED) is 0.211. The third-order valence-corrected chi connectivity index (χ3v) is 10.4. The first-order valence-electron chi connectivity index (χ1n) is 16.1. The first-order chi connectivity index (χ1) is 22.7. The van der Waals surface area contributed by atoms with Crippen LogP contribution < -0.4 is 5.32 Å². The minimum Gasteiger partial charge on any atom is -0.356 e.